The number of nitrogens with zero attached hydrogens (tertiary/aromatic N) is 3. The van der Waals surface area contributed by atoms with E-state index in [0.29, 0.717) is 18.8 Å². The van der Waals surface area contributed by atoms with Gasteiger partial charge in [0.25, 0.3) is 0 Å². The number of benzene rings is 1. The number of carbonyl (C=O) groups is 1. The van der Waals surface area contributed by atoms with Gasteiger partial charge >= 0.3 is 0 Å². The van der Waals surface area contributed by atoms with Crippen LogP contribution in [0.4, 0.5) is 5.82 Å². The summed E-state index contributed by atoms with van der Waals surface area (Å²) in [6.45, 7) is 2.38. The Morgan fingerprint density at radius 2 is 2.18 bits per heavy atom. The molecule has 2 aromatic rings. The number of hydrogen-bond donors (Lipinski definition) is 1. The fourth-order valence-corrected chi connectivity index (χ4v) is 2.44. The molecule has 0 saturated heterocycles. The molecule has 1 N–H and O–H groups in total. The highest BCUT2D eigenvalue weighted by Gasteiger charge is 2.53. The number of aromatic nitrogens is 2. The normalized spacial score (nSPS) is 19.7. The smallest absolute Gasteiger partial charge is 0.235 e. The zero-order valence-electron chi connectivity index (χ0n) is 12.1. The largest absolute Gasteiger partial charge is 0.310 e. The summed E-state index contributed by atoms with van der Waals surface area (Å²) in [5.41, 5.74) is 1.85. The molecule has 0 bridgehead atoms. The van der Waals surface area contributed by atoms with E-state index in [1.807, 2.05) is 37.3 Å². The maximum absolute atomic E-state index is 12.0. The molecule has 0 radical (unpaired) electrons. The van der Waals surface area contributed by atoms with E-state index in [1.54, 1.807) is 10.7 Å². The van der Waals surface area contributed by atoms with Crippen LogP contribution in [-0.2, 0) is 11.3 Å². The minimum absolute atomic E-state index is 0.309. The van der Waals surface area contributed by atoms with E-state index in [9.17, 15) is 14.9 Å². The zero-order valence-corrected chi connectivity index (χ0v) is 12.1. The first-order valence-corrected chi connectivity index (χ1v) is 7.07. The highest BCUT2D eigenvalue weighted by Crippen LogP contribution is 2.34. The number of nitrogens with one attached hydrogen (secondary N) is 1. The van der Waals surface area contributed by atoms with E-state index in [1.165, 1.54) is 0 Å². The monoisotopic (exact) mass is 300 g/mol. The molecule has 1 aliphatic rings. The van der Waals surface area contributed by atoms with Crippen LogP contribution in [0.5, 0.6) is 0 Å². The Balaban J connectivity index is 1.72. The minimum atomic E-state index is -0.744. The Kier molecular flexibility index (Phi) is 3.62. The summed E-state index contributed by atoms with van der Waals surface area (Å²) >= 11 is 0. The minimum Gasteiger partial charge on any atom is -0.310 e. The molecule has 3 rings (SSSR count). The third-order valence-electron chi connectivity index (χ3n) is 3.69. The van der Waals surface area contributed by atoms with Crippen molar-refractivity contribution in [3.05, 3.63) is 57.8 Å². The van der Waals surface area contributed by atoms with Gasteiger partial charge in [-0.25, -0.2) is 4.68 Å². The summed E-state index contributed by atoms with van der Waals surface area (Å²) in [7, 11) is 0. The van der Waals surface area contributed by atoms with Crippen LogP contribution >= 0.6 is 0 Å². The molecule has 1 aromatic heterocycles. The molecule has 0 spiro atoms. The first kappa shape index (κ1) is 14.2. The zero-order chi connectivity index (χ0) is 15.7. The highest BCUT2D eigenvalue weighted by molar-refractivity contribution is 5.94. The average molecular weight is 300 g/mol. The van der Waals surface area contributed by atoms with E-state index in [0.717, 1.165) is 11.3 Å². The van der Waals surface area contributed by atoms with Gasteiger partial charge in [0.2, 0.25) is 11.9 Å². The lowest BCUT2D eigenvalue weighted by molar-refractivity contribution is -0.497. The quantitative estimate of drug-likeness (QED) is 0.674. The summed E-state index contributed by atoms with van der Waals surface area (Å²) < 4.78 is 1.70. The fourth-order valence-electron chi connectivity index (χ4n) is 2.44. The van der Waals surface area contributed by atoms with E-state index in [-0.39, 0.29) is 5.91 Å². The van der Waals surface area contributed by atoms with Crippen LogP contribution < -0.4 is 5.32 Å². The molecule has 1 heterocycles. The summed E-state index contributed by atoms with van der Waals surface area (Å²) in [5, 5.41) is 17.8. The molecule has 1 saturated carbocycles. The molecule has 1 fully saturated rings. The van der Waals surface area contributed by atoms with Crippen molar-refractivity contribution >= 4 is 11.7 Å². The molecule has 2 atom stereocenters. The Morgan fingerprint density at radius 1 is 1.45 bits per heavy atom. The van der Waals surface area contributed by atoms with Crippen molar-refractivity contribution in [3.8, 4) is 0 Å². The van der Waals surface area contributed by atoms with E-state index < -0.39 is 16.9 Å². The van der Waals surface area contributed by atoms with Crippen molar-refractivity contribution in [1.82, 2.24) is 9.78 Å². The SMILES string of the molecule is Cc1cc(NC(=O)[C@@H]2C[C@H]2[N+](=O)[O-])n(Cc2ccccc2)n1. The van der Waals surface area contributed by atoms with Crippen LogP contribution in [0, 0.1) is 23.0 Å². The van der Waals surface area contributed by atoms with E-state index in [4.69, 9.17) is 0 Å². The van der Waals surface area contributed by atoms with Gasteiger partial charge in [-0.1, -0.05) is 30.3 Å². The van der Waals surface area contributed by atoms with Crippen LogP contribution in [0.1, 0.15) is 17.7 Å². The van der Waals surface area contributed by atoms with Crippen LogP contribution in [0.15, 0.2) is 36.4 Å². The first-order valence-electron chi connectivity index (χ1n) is 7.07. The number of anilines is 1. The standard InChI is InChI=1S/C15H16N4O3/c1-10-7-14(16-15(20)12-8-13(12)19(21)22)18(17-10)9-11-5-3-2-4-6-11/h2-7,12-13H,8-9H2,1H3,(H,16,20)/t12-,13-/m1/s1. The Hall–Kier alpha value is -2.70. The third kappa shape index (κ3) is 2.98. The predicted molar refractivity (Wildman–Crippen MR) is 80.0 cm³/mol. The second-order valence-corrected chi connectivity index (χ2v) is 5.50. The second-order valence-electron chi connectivity index (χ2n) is 5.50. The van der Waals surface area contributed by atoms with Gasteiger partial charge < -0.3 is 5.32 Å². The van der Waals surface area contributed by atoms with Gasteiger partial charge in [-0.2, -0.15) is 5.10 Å². The number of hydrogen-bond acceptors (Lipinski definition) is 4. The first-order chi connectivity index (χ1) is 10.5. The number of aryl methyl sites for hydroxylation is 1. The second kappa shape index (κ2) is 5.59. The van der Waals surface area contributed by atoms with Crippen molar-refractivity contribution in [3.63, 3.8) is 0 Å². The average Bonchev–Trinajstić information content (AvgIpc) is 3.21. The van der Waals surface area contributed by atoms with Crippen molar-refractivity contribution < 1.29 is 9.72 Å². The maximum atomic E-state index is 12.0. The van der Waals surface area contributed by atoms with E-state index in [2.05, 4.69) is 10.4 Å². The Labute approximate surface area is 127 Å². The number of amides is 1. The van der Waals surface area contributed by atoms with Crippen LogP contribution in [0.2, 0.25) is 0 Å². The molecule has 22 heavy (non-hydrogen) atoms. The topological polar surface area (TPSA) is 90.1 Å². The Morgan fingerprint density at radius 3 is 2.82 bits per heavy atom. The lowest BCUT2D eigenvalue weighted by atomic mass is 10.2. The van der Waals surface area contributed by atoms with Crippen molar-refractivity contribution in [2.24, 2.45) is 5.92 Å². The molecule has 114 valence electrons. The highest BCUT2D eigenvalue weighted by atomic mass is 16.6. The van der Waals surface area contributed by atoms with Crippen LogP contribution in [0.3, 0.4) is 0 Å². The van der Waals surface area contributed by atoms with Crippen molar-refractivity contribution in [2.45, 2.75) is 25.9 Å². The summed E-state index contributed by atoms with van der Waals surface area (Å²) in [5.74, 6) is -0.272. The molecule has 1 aromatic carbocycles. The molecule has 0 unspecified atom stereocenters. The summed E-state index contributed by atoms with van der Waals surface area (Å²) in [4.78, 5) is 22.3. The molecular weight excluding hydrogens is 284 g/mol. The van der Waals surface area contributed by atoms with Crippen molar-refractivity contribution in [2.75, 3.05) is 5.32 Å². The molecule has 7 nitrogen and oxygen atoms in total. The number of rotatable bonds is 5. The molecule has 0 aliphatic heterocycles. The van der Waals surface area contributed by atoms with Gasteiger partial charge in [0, 0.05) is 17.4 Å². The Bertz CT molecular complexity index is 711. The lowest BCUT2D eigenvalue weighted by Crippen LogP contribution is -2.20. The lowest BCUT2D eigenvalue weighted by Gasteiger charge is -2.08. The van der Waals surface area contributed by atoms with Gasteiger partial charge in [0.05, 0.1) is 12.2 Å². The number of nitro groups is 1. The van der Waals surface area contributed by atoms with Gasteiger partial charge in [-0.05, 0) is 12.5 Å². The van der Waals surface area contributed by atoms with E-state index >= 15 is 0 Å². The molecular formula is C15H16N4O3. The molecule has 7 heteroatoms. The molecule has 1 aliphatic carbocycles. The predicted octanol–water partition coefficient (Wildman–Crippen LogP) is 1.84. The van der Waals surface area contributed by atoms with Gasteiger partial charge in [-0.3, -0.25) is 14.9 Å². The van der Waals surface area contributed by atoms with Crippen LogP contribution in [-0.4, -0.2) is 26.7 Å². The summed E-state index contributed by atoms with van der Waals surface area (Å²) in [6, 6.07) is 10.8. The molecule has 1 amide bonds. The van der Waals surface area contributed by atoms with Crippen molar-refractivity contribution in [1.29, 1.82) is 0 Å². The fraction of sp³-hybridized carbons (Fsp3) is 0.333. The maximum Gasteiger partial charge on any atom is 0.235 e. The third-order valence-corrected chi connectivity index (χ3v) is 3.69. The van der Waals surface area contributed by atoms with Gasteiger partial charge in [-0.15, -0.1) is 0 Å². The summed E-state index contributed by atoms with van der Waals surface area (Å²) in [6.07, 6.45) is 0.310. The number of carbonyl (C=O) groups excluding carboxylic acids is 1. The van der Waals surface area contributed by atoms with Gasteiger partial charge in [0.1, 0.15) is 11.7 Å². The van der Waals surface area contributed by atoms with Crippen LogP contribution in [0.25, 0.3) is 0 Å². The van der Waals surface area contributed by atoms with Gasteiger partial charge in [0.15, 0.2) is 0 Å².